The highest BCUT2D eigenvalue weighted by Gasteiger charge is 2.30. The molecular formula is C12H21NO2. The molecule has 1 aliphatic heterocycles. The fraction of sp³-hybridized carbons (Fsp3) is 0.917. The molecule has 3 heteroatoms. The number of piperidine rings is 1. The number of hydrogen-bond donors (Lipinski definition) is 0. The molecule has 0 radical (unpaired) electrons. The van der Waals surface area contributed by atoms with Crippen LogP contribution < -0.4 is 0 Å². The summed E-state index contributed by atoms with van der Waals surface area (Å²) >= 11 is 0. The average molecular weight is 211 g/mol. The minimum absolute atomic E-state index is 0.0120. The molecule has 0 unspecified atom stereocenters. The van der Waals surface area contributed by atoms with E-state index in [1.54, 1.807) is 0 Å². The summed E-state index contributed by atoms with van der Waals surface area (Å²) in [6.07, 6.45) is 4.94. The molecule has 1 heterocycles. The third-order valence-corrected chi connectivity index (χ3v) is 3.34. The summed E-state index contributed by atoms with van der Waals surface area (Å²) in [4.78, 5) is 14.0. The number of hydrogen-bond acceptors (Lipinski definition) is 3. The zero-order valence-corrected chi connectivity index (χ0v) is 9.58. The van der Waals surface area contributed by atoms with E-state index in [-0.39, 0.29) is 11.9 Å². The van der Waals surface area contributed by atoms with Crippen LogP contribution in [0.25, 0.3) is 0 Å². The first kappa shape index (κ1) is 10.9. The molecule has 0 aromatic heterocycles. The quantitative estimate of drug-likeness (QED) is 0.662. The number of rotatable bonds is 4. The largest absolute Gasteiger partial charge is 0.466 e. The monoisotopic (exact) mass is 211 g/mol. The van der Waals surface area contributed by atoms with E-state index < -0.39 is 0 Å². The third-order valence-electron chi connectivity index (χ3n) is 3.34. The number of nitrogens with zero attached hydrogens (tertiary/aromatic N) is 1. The third kappa shape index (κ3) is 3.20. The number of esters is 1. The molecule has 86 valence electrons. The summed E-state index contributed by atoms with van der Waals surface area (Å²) in [6.45, 7) is 5.69. The van der Waals surface area contributed by atoms with Gasteiger partial charge < -0.3 is 9.64 Å². The maximum atomic E-state index is 11.6. The fourth-order valence-corrected chi connectivity index (χ4v) is 2.34. The van der Waals surface area contributed by atoms with Crippen LogP contribution in [0.5, 0.6) is 0 Å². The van der Waals surface area contributed by atoms with Gasteiger partial charge in [0, 0.05) is 13.1 Å². The summed E-state index contributed by atoms with van der Waals surface area (Å²) in [5.74, 6) is 1.07. The number of likely N-dealkylation sites (tertiary alicyclic amines) is 1. The van der Waals surface area contributed by atoms with Crippen LogP contribution in [-0.2, 0) is 9.53 Å². The average Bonchev–Trinajstić information content (AvgIpc) is 3.03. The Labute approximate surface area is 91.8 Å². The van der Waals surface area contributed by atoms with E-state index in [0.29, 0.717) is 6.61 Å². The van der Waals surface area contributed by atoms with Crippen molar-refractivity contribution in [3.05, 3.63) is 0 Å². The molecule has 0 spiro atoms. The summed E-state index contributed by atoms with van der Waals surface area (Å²) in [7, 11) is 0. The number of ether oxygens (including phenoxy) is 1. The molecule has 1 saturated heterocycles. The van der Waals surface area contributed by atoms with Gasteiger partial charge in [0.25, 0.3) is 0 Å². The van der Waals surface area contributed by atoms with Gasteiger partial charge in [-0.15, -0.1) is 0 Å². The Balaban J connectivity index is 1.77. The lowest BCUT2D eigenvalue weighted by Crippen LogP contribution is -2.40. The summed E-state index contributed by atoms with van der Waals surface area (Å²) in [5, 5.41) is 0. The van der Waals surface area contributed by atoms with E-state index in [0.717, 1.165) is 25.3 Å². The highest BCUT2D eigenvalue weighted by Crippen LogP contribution is 2.31. The number of carbonyl (C=O) groups is 1. The predicted octanol–water partition coefficient (Wildman–Crippen LogP) is 1.67. The summed E-state index contributed by atoms with van der Waals surface area (Å²) < 4.78 is 5.08. The molecule has 0 amide bonds. The smallest absolute Gasteiger partial charge is 0.310 e. The molecule has 3 nitrogen and oxygen atoms in total. The minimum atomic E-state index is 0.0120. The molecule has 2 fully saturated rings. The standard InChI is InChI=1S/C12H21NO2/c1-2-15-12(14)11-4-3-7-13(9-11)8-10-5-6-10/h10-11H,2-9H2,1H3/t11-/m0/s1. The van der Waals surface area contributed by atoms with E-state index in [1.807, 2.05) is 6.92 Å². The molecular weight excluding hydrogens is 190 g/mol. The van der Waals surface area contributed by atoms with Crippen LogP contribution in [-0.4, -0.2) is 37.1 Å². The van der Waals surface area contributed by atoms with Crippen molar-refractivity contribution in [2.45, 2.75) is 32.6 Å². The van der Waals surface area contributed by atoms with Crippen LogP contribution in [0.4, 0.5) is 0 Å². The van der Waals surface area contributed by atoms with Gasteiger partial charge in [-0.3, -0.25) is 4.79 Å². The van der Waals surface area contributed by atoms with Crippen LogP contribution >= 0.6 is 0 Å². The Kier molecular flexibility index (Phi) is 3.62. The minimum Gasteiger partial charge on any atom is -0.466 e. The van der Waals surface area contributed by atoms with Gasteiger partial charge in [-0.1, -0.05) is 0 Å². The van der Waals surface area contributed by atoms with Crippen molar-refractivity contribution in [1.82, 2.24) is 4.90 Å². The lowest BCUT2D eigenvalue weighted by Gasteiger charge is -2.31. The number of carbonyl (C=O) groups excluding carboxylic acids is 1. The van der Waals surface area contributed by atoms with Gasteiger partial charge in [0.15, 0.2) is 0 Å². The first-order valence-corrected chi connectivity index (χ1v) is 6.18. The molecule has 0 bridgehead atoms. The first-order chi connectivity index (χ1) is 7.29. The van der Waals surface area contributed by atoms with E-state index in [9.17, 15) is 4.79 Å². The van der Waals surface area contributed by atoms with Crippen molar-refractivity contribution < 1.29 is 9.53 Å². The molecule has 0 N–H and O–H groups in total. The SMILES string of the molecule is CCOC(=O)[C@H]1CCCN(CC2CC2)C1. The van der Waals surface area contributed by atoms with Crippen LogP contribution in [0.2, 0.25) is 0 Å². The second-order valence-corrected chi connectivity index (χ2v) is 4.79. The van der Waals surface area contributed by atoms with E-state index in [1.165, 1.54) is 25.9 Å². The second kappa shape index (κ2) is 4.97. The van der Waals surface area contributed by atoms with Gasteiger partial charge in [-0.05, 0) is 45.1 Å². The van der Waals surface area contributed by atoms with Crippen molar-refractivity contribution >= 4 is 5.97 Å². The Bertz CT molecular complexity index is 226. The van der Waals surface area contributed by atoms with Crippen LogP contribution in [0.15, 0.2) is 0 Å². The van der Waals surface area contributed by atoms with Crippen LogP contribution in [0.1, 0.15) is 32.6 Å². The van der Waals surface area contributed by atoms with Crippen molar-refractivity contribution in [3.8, 4) is 0 Å². The van der Waals surface area contributed by atoms with Gasteiger partial charge in [0.1, 0.15) is 0 Å². The maximum absolute atomic E-state index is 11.6. The Hall–Kier alpha value is -0.570. The molecule has 0 aromatic rings. The topological polar surface area (TPSA) is 29.5 Å². The van der Waals surface area contributed by atoms with Gasteiger partial charge >= 0.3 is 5.97 Å². The Morgan fingerprint density at radius 1 is 1.40 bits per heavy atom. The summed E-state index contributed by atoms with van der Waals surface area (Å²) in [6, 6.07) is 0. The fourth-order valence-electron chi connectivity index (χ4n) is 2.34. The van der Waals surface area contributed by atoms with Crippen LogP contribution in [0, 0.1) is 11.8 Å². The molecule has 2 aliphatic rings. The molecule has 2 rings (SSSR count). The van der Waals surface area contributed by atoms with Gasteiger partial charge in [0.2, 0.25) is 0 Å². The normalized spacial score (nSPS) is 27.7. The van der Waals surface area contributed by atoms with Crippen molar-refractivity contribution in [3.63, 3.8) is 0 Å². The highest BCUT2D eigenvalue weighted by molar-refractivity contribution is 5.72. The van der Waals surface area contributed by atoms with Gasteiger partial charge in [-0.2, -0.15) is 0 Å². The van der Waals surface area contributed by atoms with Crippen molar-refractivity contribution in [1.29, 1.82) is 0 Å². The molecule has 1 atom stereocenters. The lowest BCUT2D eigenvalue weighted by molar-refractivity contribution is -0.149. The zero-order valence-electron chi connectivity index (χ0n) is 9.58. The Morgan fingerprint density at radius 3 is 2.87 bits per heavy atom. The lowest BCUT2D eigenvalue weighted by atomic mass is 9.98. The van der Waals surface area contributed by atoms with Gasteiger partial charge in [-0.25, -0.2) is 0 Å². The van der Waals surface area contributed by atoms with E-state index in [4.69, 9.17) is 4.74 Å². The molecule has 1 aliphatic carbocycles. The molecule has 1 saturated carbocycles. The van der Waals surface area contributed by atoms with Crippen molar-refractivity contribution in [2.75, 3.05) is 26.2 Å². The van der Waals surface area contributed by atoms with Crippen LogP contribution in [0.3, 0.4) is 0 Å². The first-order valence-electron chi connectivity index (χ1n) is 6.18. The second-order valence-electron chi connectivity index (χ2n) is 4.79. The zero-order chi connectivity index (χ0) is 10.7. The molecule has 15 heavy (non-hydrogen) atoms. The van der Waals surface area contributed by atoms with Crippen molar-refractivity contribution in [2.24, 2.45) is 11.8 Å². The summed E-state index contributed by atoms with van der Waals surface area (Å²) in [5.41, 5.74) is 0. The maximum Gasteiger partial charge on any atom is 0.310 e. The highest BCUT2D eigenvalue weighted by atomic mass is 16.5. The van der Waals surface area contributed by atoms with Gasteiger partial charge in [0.05, 0.1) is 12.5 Å². The van der Waals surface area contributed by atoms with E-state index >= 15 is 0 Å². The Morgan fingerprint density at radius 2 is 2.20 bits per heavy atom. The predicted molar refractivity (Wildman–Crippen MR) is 58.5 cm³/mol. The molecule has 0 aromatic carbocycles. The van der Waals surface area contributed by atoms with E-state index in [2.05, 4.69) is 4.90 Å².